The van der Waals surface area contributed by atoms with Gasteiger partial charge in [0.1, 0.15) is 0 Å². The first kappa shape index (κ1) is 29.8. The molecule has 0 saturated heterocycles. The van der Waals surface area contributed by atoms with E-state index < -0.39 is 45.3 Å². The lowest BCUT2D eigenvalue weighted by Crippen LogP contribution is -2.28. The summed E-state index contributed by atoms with van der Waals surface area (Å²) in [7, 11) is -4.21. The van der Waals surface area contributed by atoms with E-state index in [9.17, 15) is 31.2 Å². The van der Waals surface area contributed by atoms with Gasteiger partial charge in [-0.15, -0.1) is 0 Å². The molecule has 3 aromatic rings. The molecule has 1 atom stereocenters. The highest BCUT2D eigenvalue weighted by atomic mass is 79.9. The highest BCUT2D eigenvalue weighted by molar-refractivity contribution is 9.10. The van der Waals surface area contributed by atoms with E-state index in [2.05, 4.69) is 42.5 Å². The standard InChI is InChI=1S/C25H21Br2F3N2O5S/c26-18-7-5-16(6-8-18)20(24(34)32-19-9-10-22(27)21(14-19)25(28,29)30)13-15-1-3-17(4-2-15)23(33)31-11-12-38(35,36)37/h1-10,14,20H,11-13H2,(H,31,33)(H,32,34)(H,35,36,37). The SMILES string of the molecule is O=C(NCCS(=O)(=O)O)c1ccc(CC(C(=O)Nc2ccc(Br)c(C(F)(F)F)c2)c2ccc(Br)cc2)cc1. The minimum Gasteiger partial charge on any atom is -0.351 e. The van der Waals surface area contributed by atoms with Gasteiger partial charge in [-0.2, -0.15) is 21.6 Å². The van der Waals surface area contributed by atoms with Crippen LogP contribution in [-0.4, -0.2) is 37.1 Å². The molecule has 3 aromatic carbocycles. The van der Waals surface area contributed by atoms with Gasteiger partial charge in [-0.1, -0.05) is 56.1 Å². The minimum absolute atomic E-state index is 0.00968. The molecule has 13 heteroatoms. The number of amides is 2. The fourth-order valence-electron chi connectivity index (χ4n) is 3.53. The normalized spacial score (nSPS) is 12.6. The molecule has 2 amide bonds. The Bertz CT molecular complexity index is 1410. The number of carbonyl (C=O) groups is 2. The average Bonchev–Trinajstić information content (AvgIpc) is 2.83. The Kier molecular flexibility index (Phi) is 9.74. The number of halogens is 5. The Morgan fingerprint density at radius 2 is 1.58 bits per heavy atom. The average molecular weight is 678 g/mol. The molecule has 0 heterocycles. The first-order valence-electron chi connectivity index (χ1n) is 11.0. The molecule has 0 aliphatic heterocycles. The van der Waals surface area contributed by atoms with E-state index in [4.69, 9.17) is 4.55 Å². The second kappa shape index (κ2) is 12.4. The molecule has 0 aliphatic rings. The zero-order valence-corrected chi connectivity index (χ0v) is 23.4. The van der Waals surface area contributed by atoms with E-state index in [0.717, 1.165) is 10.5 Å². The second-order valence-corrected chi connectivity index (χ2v) is 11.6. The highest BCUT2D eigenvalue weighted by Gasteiger charge is 2.33. The van der Waals surface area contributed by atoms with Crippen molar-refractivity contribution < 1.29 is 35.7 Å². The predicted octanol–water partition coefficient (Wildman–Crippen LogP) is 5.81. The van der Waals surface area contributed by atoms with E-state index in [1.54, 1.807) is 36.4 Å². The van der Waals surface area contributed by atoms with Gasteiger partial charge in [-0.3, -0.25) is 14.1 Å². The third kappa shape index (κ3) is 8.65. The number of hydrogen-bond acceptors (Lipinski definition) is 4. The molecular weight excluding hydrogens is 657 g/mol. The number of benzene rings is 3. The van der Waals surface area contributed by atoms with Crippen LogP contribution in [0.4, 0.5) is 18.9 Å². The Hall–Kier alpha value is -2.74. The summed E-state index contributed by atoms with van der Waals surface area (Å²) in [4.78, 5) is 25.5. The van der Waals surface area contributed by atoms with Gasteiger partial charge in [0.25, 0.3) is 16.0 Å². The summed E-state index contributed by atoms with van der Waals surface area (Å²) in [6.45, 7) is -0.267. The van der Waals surface area contributed by atoms with Crippen LogP contribution >= 0.6 is 31.9 Å². The van der Waals surface area contributed by atoms with Crippen molar-refractivity contribution in [1.82, 2.24) is 5.32 Å². The van der Waals surface area contributed by atoms with Gasteiger partial charge in [0.05, 0.1) is 17.2 Å². The summed E-state index contributed by atoms with van der Waals surface area (Å²) in [6, 6.07) is 16.6. The maximum Gasteiger partial charge on any atom is 0.417 e. The zero-order valence-electron chi connectivity index (χ0n) is 19.4. The molecule has 38 heavy (non-hydrogen) atoms. The Balaban J connectivity index is 1.80. The van der Waals surface area contributed by atoms with E-state index in [1.807, 2.05) is 0 Å². The van der Waals surface area contributed by atoms with E-state index in [-0.39, 0.29) is 28.7 Å². The van der Waals surface area contributed by atoms with Gasteiger partial charge >= 0.3 is 6.18 Å². The maximum atomic E-state index is 13.3. The largest absolute Gasteiger partial charge is 0.417 e. The molecule has 0 spiro atoms. The van der Waals surface area contributed by atoms with E-state index >= 15 is 0 Å². The van der Waals surface area contributed by atoms with Crippen molar-refractivity contribution in [2.24, 2.45) is 0 Å². The summed E-state index contributed by atoms with van der Waals surface area (Å²) in [5, 5.41) is 4.96. The minimum atomic E-state index is -4.61. The van der Waals surface area contributed by atoms with Crippen molar-refractivity contribution in [3.63, 3.8) is 0 Å². The number of rotatable bonds is 9. The van der Waals surface area contributed by atoms with Gasteiger partial charge in [0.2, 0.25) is 5.91 Å². The Labute approximate surface area is 233 Å². The van der Waals surface area contributed by atoms with Crippen LogP contribution in [0.1, 0.15) is 33.0 Å². The molecule has 7 nitrogen and oxygen atoms in total. The fourth-order valence-corrected chi connectivity index (χ4v) is 4.63. The van der Waals surface area contributed by atoms with Crippen molar-refractivity contribution >= 4 is 59.5 Å². The lowest BCUT2D eigenvalue weighted by molar-refractivity contribution is -0.138. The van der Waals surface area contributed by atoms with Crippen LogP contribution in [0.5, 0.6) is 0 Å². The van der Waals surface area contributed by atoms with Crippen molar-refractivity contribution in [1.29, 1.82) is 0 Å². The number of anilines is 1. The third-order valence-electron chi connectivity index (χ3n) is 5.43. The van der Waals surface area contributed by atoms with Crippen LogP contribution in [0.3, 0.4) is 0 Å². The number of hydrogen-bond donors (Lipinski definition) is 3. The Morgan fingerprint density at radius 1 is 0.947 bits per heavy atom. The first-order valence-corrected chi connectivity index (χ1v) is 14.2. The monoisotopic (exact) mass is 676 g/mol. The summed E-state index contributed by atoms with van der Waals surface area (Å²) < 4.78 is 70.9. The van der Waals surface area contributed by atoms with Gasteiger partial charge in [-0.05, 0) is 60.0 Å². The van der Waals surface area contributed by atoms with Gasteiger partial charge in [-0.25, -0.2) is 0 Å². The molecule has 0 saturated carbocycles. The van der Waals surface area contributed by atoms with Crippen LogP contribution in [-0.2, 0) is 27.5 Å². The summed E-state index contributed by atoms with van der Waals surface area (Å²) in [6.07, 6.45) is -4.42. The van der Waals surface area contributed by atoms with Crippen LogP contribution in [0.15, 0.2) is 75.7 Å². The topological polar surface area (TPSA) is 113 Å². The Morgan fingerprint density at radius 3 is 2.16 bits per heavy atom. The second-order valence-electron chi connectivity index (χ2n) is 8.23. The van der Waals surface area contributed by atoms with Crippen LogP contribution in [0.2, 0.25) is 0 Å². The number of nitrogens with one attached hydrogen (secondary N) is 2. The molecule has 202 valence electrons. The number of carbonyl (C=O) groups excluding carboxylic acids is 2. The molecule has 1 unspecified atom stereocenters. The van der Waals surface area contributed by atoms with Crippen LogP contribution in [0, 0.1) is 0 Å². The van der Waals surface area contributed by atoms with Crippen LogP contribution < -0.4 is 10.6 Å². The maximum absolute atomic E-state index is 13.3. The van der Waals surface area contributed by atoms with E-state index in [0.29, 0.717) is 11.1 Å². The van der Waals surface area contributed by atoms with Gasteiger partial charge in [0, 0.05) is 26.7 Å². The number of alkyl halides is 3. The molecular formula is C25H21Br2F3N2O5S. The molecule has 0 radical (unpaired) electrons. The molecule has 0 aromatic heterocycles. The van der Waals surface area contributed by atoms with Crippen molar-refractivity contribution in [3.05, 3.63) is 97.9 Å². The summed E-state index contributed by atoms with van der Waals surface area (Å²) in [5.41, 5.74) is 0.619. The summed E-state index contributed by atoms with van der Waals surface area (Å²) in [5.74, 6) is -2.45. The third-order valence-corrected chi connectivity index (χ3v) is 7.37. The predicted molar refractivity (Wildman–Crippen MR) is 144 cm³/mol. The molecule has 3 rings (SSSR count). The van der Waals surface area contributed by atoms with E-state index in [1.165, 1.54) is 24.3 Å². The molecule has 0 fully saturated rings. The highest BCUT2D eigenvalue weighted by Crippen LogP contribution is 2.36. The van der Waals surface area contributed by atoms with Gasteiger partial charge < -0.3 is 10.6 Å². The fraction of sp³-hybridized carbons (Fsp3) is 0.200. The first-order chi connectivity index (χ1) is 17.7. The van der Waals surface area contributed by atoms with Gasteiger partial charge in [0.15, 0.2) is 0 Å². The lowest BCUT2D eigenvalue weighted by Gasteiger charge is -2.19. The smallest absolute Gasteiger partial charge is 0.351 e. The molecule has 0 aliphatic carbocycles. The quantitative estimate of drug-likeness (QED) is 0.248. The van der Waals surface area contributed by atoms with Crippen molar-refractivity contribution in [3.8, 4) is 0 Å². The molecule has 0 bridgehead atoms. The summed E-state index contributed by atoms with van der Waals surface area (Å²) >= 11 is 6.22. The molecule has 3 N–H and O–H groups in total. The van der Waals surface area contributed by atoms with Crippen molar-refractivity contribution in [2.75, 3.05) is 17.6 Å². The lowest BCUT2D eigenvalue weighted by atomic mass is 9.90. The van der Waals surface area contributed by atoms with Crippen LogP contribution in [0.25, 0.3) is 0 Å². The van der Waals surface area contributed by atoms with Crippen molar-refractivity contribution in [2.45, 2.75) is 18.5 Å². The zero-order chi connectivity index (χ0) is 28.1.